The Labute approximate surface area is 192 Å². The van der Waals surface area contributed by atoms with Crippen LogP contribution in [-0.2, 0) is 16.0 Å². The first-order chi connectivity index (χ1) is 15.5. The minimum atomic E-state index is -0.311. The number of aryl methyl sites for hydroxylation is 1. The molecule has 3 amide bonds. The highest BCUT2D eigenvalue weighted by molar-refractivity contribution is 8.18. The molecule has 2 aliphatic rings. The van der Waals surface area contributed by atoms with Crippen LogP contribution >= 0.6 is 11.8 Å². The molecule has 2 aromatic rings. The number of thioether (sulfide) groups is 1. The Morgan fingerprint density at radius 2 is 1.91 bits per heavy atom. The fourth-order valence-corrected chi connectivity index (χ4v) is 5.14. The van der Waals surface area contributed by atoms with Crippen LogP contribution in [0.15, 0.2) is 59.5 Å². The number of carbonyl (C=O) groups is 3. The predicted octanol–water partition coefficient (Wildman–Crippen LogP) is 3.85. The maximum absolute atomic E-state index is 12.6. The highest BCUT2D eigenvalue weighted by Gasteiger charge is 2.34. The molecule has 1 unspecified atom stereocenters. The van der Waals surface area contributed by atoms with E-state index in [4.69, 9.17) is 0 Å². The number of hydrogen-bond donors (Lipinski definition) is 1. The van der Waals surface area contributed by atoms with E-state index >= 15 is 0 Å². The summed E-state index contributed by atoms with van der Waals surface area (Å²) in [6.07, 6.45) is 4.96. The van der Waals surface area contributed by atoms with Gasteiger partial charge in [0.05, 0.1) is 11.4 Å². The maximum Gasteiger partial charge on any atom is 0.293 e. The van der Waals surface area contributed by atoms with E-state index in [9.17, 15) is 14.4 Å². The van der Waals surface area contributed by atoms with Gasteiger partial charge in [0.15, 0.2) is 0 Å². The summed E-state index contributed by atoms with van der Waals surface area (Å²) in [7, 11) is 1.97. The van der Waals surface area contributed by atoms with E-state index in [0.29, 0.717) is 4.91 Å². The van der Waals surface area contributed by atoms with E-state index in [1.807, 2.05) is 43.4 Å². The summed E-state index contributed by atoms with van der Waals surface area (Å²) in [6.45, 7) is 0.678. The minimum Gasteiger partial charge on any atom is -0.353 e. The van der Waals surface area contributed by atoms with Crippen molar-refractivity contribution >= 4 is 34.9 Å². The summed E-state index contributed by atoms with van der Waals surface area (Å²) in [5.41, 5.74) is 3.54. The Morgan fingerprint density at radius 3 is 2.72 bits per heavy atom. The number of benzene rings is 2. The van der Waals surface area contributed by atoms with Crippen molar-refractivity contribution in [2.75, 3.05) is 26.7 Å². The van der Waals surface area contributed by atoms with Crippen molar-refractivity contribution in [2.24, 2.45) is 0 Å². The van der Waals surface area contributed by atoms with E-state index in [-0.39, 0.29) is 42.7 Å². The van der Waals surface area contributed by atoms with Crippen molar-refractivity contribution in [1.82, 2.24) is 15.1 Å². The molecule has 1 aliphatic heterocycles. The molecule has 0 spiro atoms. The lowest BCUT2D eigenvalue weighted by Crippen LogP contribution is -2.42. The van der Waals surface area contributed by atoms with Crippen molar-refractivity contribution < 1.29 is 14.4 Å². The number of fused-ring (bicyclic) bond motifs is 1. The van der Waals surface area contributed by atoms with Crippen LogP contribution in [0.3, 0.4) is 0 Å². The van der Waals surface area contributed by atoms with Crippen LogP contribution in [0.25, 0.3) is 6.08 Å². The third-order valence-electron chi connectivity index (χ3n) is 5.89. The first-order valence-electron chi connectivity index (χ1n) is 10.9. The van der Waals surface area contributed by atoms with Gasteiger partial charge in [-0.1, -0.05) is 54.6 Å². The summed E-state index contributed by atoms with van der Waals surface area (Å²) in [4.78, 5) is 41.0. The summed E-state index contributed by atoms with van der Waals surface area (Å²) >= 11 is 0.936. The van der Waals surface area contributed by atoms with Gasteiger partial charge in [0, 0.05) is 19.1 Å². The molecule has 1 aliphatic carbocycles. The maximum atomic E-state index is 12.6. The first kappa shape index (κ1) is 22.3. The number of amides is 3. The Bertz CT molecular complexity index is 1040. The second-order valence-electron chi connectivity index (χ2n) is 8.12. The molecule has 7 heteroatoms. The first-order valence-corrected chi connectivity index (χ1v) is 11.7. The molecule has 0 saturated carbocycles. The number of carbonyl (C=O) groups excluding carboxylic acids is 3. The van der Waals surface area contributed by atoms with Crippen LogP contribution < -0.4 is 5.32 Å². The van der Waals surface area contributed by atoms with Gasteiger partial charge in [0.1, 0.15) is 0 Å². The molecule has 0 aromatic heterocycles. The topological polar surface area (TPSA) is 69.7 Å². The molecule has 0 bridgehead atoms. The Hall–Kier alpha value is -2.90. The van der Waals surface area contributed by atoms with Gasteiger partial charge < -0.3 is 5.32 Å². The Balaban J connectivity index is 1.27. The highest BCUT2D eigenvalue weighted by Crippen LogP contribution is 2.33. The summed E-state index contributed by atoms with van der Waals surface area (Å²) in [5, 5.41) is 2.55. The normalized spacial score (nSPS) is 19.5. The van der Waals surface area contributed by atoms with Gasteiger partial charge in [0.2, 0.25) is 5.91 Å². The lowest BCUT2D eigenvalue weighted by Gasteiger charge is -2.32. The highest BCUT2D eigenvalue weighted by atomic mass is 32.2. The average Bonchev–Trinajstić information content (AvgIpc) is 3.06. The van der Waals surface area contributed by atoms with E-state index in [1.165, 1.54) is 16.0 Å². The molecule has 1 heterocycles. The van der Waals surface area contributed by atoms with E-state index in [2.05, 4.69) is 28.4 Å². The SMILES string of the molecule is CN(CC(=O)NCCN1C(=O)SC(=Cc2ccccc2)C1=O)C1CCCc2ccccc21. The molecule has 4 rings (SSSR count). The number of nitrogens with zero attached hydrogens (tertiary/aromatic N) is 2. The molecule has 2 aromatic carbocycles. The van der Waals surface area contributed by atoms with Crippen molar-refractivity contribution in [3.05, 3.63) is 76.2 Å². The molecule has 1 atom stereocenters. The van der Waals surface area contributed by atoms with Crippen LogP contribution in [0.1, 0.15) is 35.6 Å². The molecular weight excluding hydrogens is 422 g/mol. The van der Waals surface area contributed by atoms with Crippen LogP contribution in [0.4, 0.5) is 4.79 Å². The van der Waals surface area contributed by atoms with E-state index < -0.39 is 0 Å². The summed E-state index contributed by atoms with van der Waals surface area (Å²) < 4.78 is 0. The zero-order chi connectivity index (χ0) is 22.5. The van der Waals surface area contributed by atoms with Gasteiger partial charge in [-0.15, -0.1) is 0 Å². The fourth-order valence-electron chi connectivity index (χ4n) is 4.28. The van der Waals surface area contributed by atoms with E-state index in [1.54, 1.807) is 6.08 Å². The summed E-state index contributed by atoms with van der Waals surface area (Å²) in [5.74, 6) is -0.420. The zero-order valence-electron chi connectivity index (χ0n) is 18.1. The molecule has 32 heavy (non-hydrogen) atoms. The quantitative estimate of drug-likeness (QED) is 0.651. The summed E-state index contributed by atoms with van der Waals surface area (Å²) in [6, 6.07) is 18.1. The van der Waals surface area contributed by atoms with Crippen molar-refractivity contribution in [2.45, 2.75) is 25.3 Å². The van der Waals surface area contributed by atoms with E-state index in [0.717, 1.165) is 36.6 Å². The van der Waals surface area contributed by atoms with Gasteiger partial charge in [0.25, 0.3) is 11.1 Å². The molecular formula is C25H27N3O3S. The number of likely N-dealkylation sites (N-methyl/N-ethyl adjacent to an activating group) is 1. The zero-order valence-corrected chi connectivity index (χ0v) is 18.9. The Kier molecular flexibility index (Phi) is 7.07. The van der Waals surface area contributed by atoms with Gasteiger partial charge in [-0.25, -0.2) is 0 Å². The average molecular weight is 450 g/mol. The molecule has 6 nitrogen and oxygen atoms in total. The van der Waals surface area contributed by atoms with Crippen LogP contribution in [0.2, 0.25) is 0 Å². The van der Waals surface area contributed by atoms with Crippen molar-refractivity contribution in [1.29, 1.82) is 0 Å². The number of hydrogen-bond acceptors (Lipinski definition) is 5. The third kappa shape index (κ3) is 5.11. The Morgan fingerprint density at radius 1 is 1.16 bits per heavy atom. The second kappa shape index (κ2) is 10.1. The molecule has 1 N–H and O–H groups in total. The second-order valence-corrected chi connectivity index (χ2v) is 9.11. The molecule has 0 radical (unpaired) electrons. The monoisotopic (exact) mass is 449 g/mol. The molecule has 166 valence electrons. The smallest absolute Gasteiger partial charge is 0.293 e. The molecule has 1 saturated heterocycles. The largest absolute Gasteiger partial charge is 0.353 e. The number of imide groups is 1. The minimum absolute atomic E-state index is 0.109. The van der Waals surface area contributed by atoms with Crippen molar-refractivity contribution in [3.63, 3.8) is 0 Å². The van der Waals surface area contributed by atoms with Gasteiger partial charge in [-0.05, 0) is 60.8 Å². The van der Waals surface area contributed by atoms with Crippen LogP contribution in [0, 0.1) is 0 Å². The lowest BCUT2D eigenvalue weighted by atomic mass is 9.87. The predicted molar refractivity (Wildman–Crippen MR) is 127 cm³/mol. The standard InChI is InChI=1S/C25H27N3O3S/c1-27(21-13-7-11-19-10-5-6-12-20(19)21)17-23(29)26-14-15-28-24(30)22(32-25(28)31)16-18-8-3-2-4-9-18/h2-6,8-10,12,16,21H,7,11,13-15,17H2,1H3,(H,26,29). The number of rotatable bonds is 7. The van der Waals surface area contributed by atoms with Gasteiger partial charge >= 0.3 is 0 Å². The molecule has 1 fully saturated rings. The van der Waals surface area contributed by atoms with Gasteiger partial charge in [-0.3, -0.25) is 24.2 Å². The van der Waals surface area contributed by atoms with Gasteiger partial charge in [-0.2, -0.15) is 0 Å². The lowest BCUT2D eigenvalue weighted by molar-refractivity contribution is -0.125. The van der Waals surface area contributed by atoms with Crippen LogP contribution in [0.5, 0.6) is 0 Å². The third-order valence-corrected chi connectivity index (χ3v) is 6.80. The van der Waals surface area contributed by atoms with Crippen molar-refractivity contribution in [3.8, 4) is 0 Å². The number of nitrogens with one attached hydrogen (secondary N) is 1. The van der Waals surface area contributed by atoms with Crippen LogP contribution in [-0.4, -0.2) is 53.5 Å². The fraction of sp³-hybridized carbons (Fsp3) is 0.320.